The van der Waals surface area contributed by atoms with E-state index < -0.39 is 6.03 Å². The molecule has 0 aliphatic rings. The summed E-state index contributed by atoms with van der Waals surface area (Å²) in [5.74, 6) is -0.349. The minimum atomic E-state index is -0.546. The zero-order chi connectivity index (χ0) is 14.3. The van der Waals surface area contributed by atoms with Gasteiger partial charge in [-0.05, 0) is 30.5 Å². The van der Waals surface area contributed by atoms with Gasteiger partial charge in [-0.15, -0.1) is 0 Å². The van der Waals surface area contributed by atoms with Crippen molar-refractivity contribution in [3.63, 3.8) is 0 Å². The predicted octanol–water partition coefficient (Wildman–Crippen LogP) is 0.720. The Labute approximate surface area is 112 Å². The molecule has 0 aromatic heterocycles. The average molecular weight is 265 g/mol. The summed E-state index contributed by atoms with van der Waals surface area (Å²) in [5.41, 5.74) is 11.8. The maximum atomic E-state index is 11.4. The Balaban J connectivity index is 2.60. The zero-order valence-corrected chi connectivity index (χ0v) is 10.7. The van der Waals surface area contributed by atoms with Gasteiger partial charge in [-0.1, -0.05) is 12.1 Å². The summed E-state index contributed by atoms with van der Waals surface area (Å²) in [6.45, 7) is 0.385. The molecule has 19 heavy (non-hydrogen) atoms. The molecule has 1 aromatic rings. The van der Waals surface area contributed by atoms with Gasteiger partial charge in [-0.2, -0.15) is 0 Å². The van der Waals surface area contributed by atoms with Crippen LogP contribution in [0.15, 0.2) is 24.3 Å². The number of anilines is 1. The van der Waals surface area contributed by atoms with E-state index in [4.69, 9.17) is 16.6 Å². The van der Waals surface area contributed by atoms with Crippen LogP contribution >= 0.6 is 0 Å². The van der Waals surface area contributed by atoms with Gasteiger partial charge in [0.25, 0.3) is 0 Å². The first kappa shape index (κ1) is 15.0. The number of unbranched alkanes of at least 4 members (excludes halogenated alkanes) is 1. The van der Waals surface area contributed by atoms with Crippen molar-refractivity contribution in [2.45, 2.75) is 25.9 Å². The normalized spacial score (nSPS) is 10.2. The topological polar surface area (TPSA) is 110 Å². The van der Waals surface area contributed by atoms with E-state index in [1.54, 1.807) is 24.3 Å². The van der Waals surface area contributed by atoms with Crippen LogP contribution in [0.4, 0.5) is 10.5 Å². The molecule has 3 amide bonds. The molecule has 0 spiro atoms. The van der Waals surface area contributed by atoms with Crippen LogP contribution < -0.4 is 16.4 Å². The van der Waals surface area contributed by atoms with Crippen LogP contribution in [0.25, 0.3) is 0 Å². The summed E-state index contributed by atoms with van der Waals surface area (Å²) in [5, 5.41) is 8.95. The number of urea groups is 1. The fourth-order valence-corrected chi connectivity index (χ4v) is 1.72. The first-order valence-corrected chi connectivity index (χ1v) is 6.09. The zero-order valence-electron chi connectivity index (χ0n) is 10.7. The first-order valence-electron chi connectivity index (χ1n) is 6.09. The van der Waals surface area contributed by atoms with E-state index in [2.05, 4.69) is 0 Å². The highest BCUT2D eigenvalue weighted by molar-refractivity contribution is 5.90. The van der Waals surface area contributed by atoms with Crippen LogP contribution in [-0.4, -0.2) is 23.6 Å². The lowest BCUT2D eigenvalue weighted by atomic mass is 10.2. The van der Waals surface area contributed by atoms with Crippen LogP contribution in [-0.2, 0) is 11.4 Å². The van der Waals surface area contributed by atoms with Crippen molar-refractivity contribution < 1.29 is 14.7 Å². The number of benzene rings is 1. The molecule has 0 fully saturated rings. The quantitative estimate of drug-likeness (QED) is 0.632. The van der Waals surface area contributed by atoms with Gasteiger partial charge in [-0.3, -0.25) is 9.69 Å². The highest BCUT2D eigenvalue weighted by atomic mass is 16.3. The Morgan fingerprint density at radius 1 is 1.11 bits per heavy atom. The minimum absolute atomic E-state index is 0.0462. The molecule has 1 aromatic carbocycles. The maximum absolute atomic E-state index is 11.4. The summed E-state index contributed by atoms with van der Waals surface area (Å²) in [4.78, 5) is 23.4. The van der Waals surface area contributed by atoms with E-state index >= 15 is 0 Å². The number of primary amides is 2. The fourth-order valence-electron chi connectivity index (χ4n) is 1.72. The number of carbonyl (C=O) groups is 2. The molecule has 6 nitrogen and oxygen atoms in total. The first-order chi connectivity index (χ1) is 9.04. The van der Waals surface area contributed by atoms with E-state index in [1.807, 2.05) is 0 Å². The van der Waals surface area contributed by atoms with Gasteiger partial charge in [-0.25, -0.2) is 4.79 Å². The van der Waals surface area contributed by atoms with Crippen LogP contribution in [0.3, 0.4) is 0 Å². The Bertz CT molecular complexity index is 431. The lowest BCUT2D eigenvalue weighted by Gasteiger charge is -2.20. The van der Waals surface area contributed by atoms with Gasteiger partial charge in [0.15, 0.2) is 0 Å². The van der Waals surface area contributed by atoms with Gasteiger partial charge >= 0.3 is 6.03 Å². The molecule has 0 saturated heterocycles. The van der Waals surface area contributed by atoms with E-state index in [9.17, 15) is 9.59 Å². The molecule has 0 unspecified atom stereocenters. The summed E-state index contributed by atoms with van der Waals surface area (Å²) >= 11 is 0. The van der Waals surface area contributed by atoms with Gasteiger partial charge in [0.1, 0.15) is 0 Å². The van der Waals surface area contributed by atoms with Crippen LogP contribution in [0.1, 0.15) is 24.8 Å². The van der Waals surface area contributed by atoms with E-state index in [1.165, 1.54) is 4.90 Å². The summed E-state index contributed by atoms with van der Waals surface area (Å²) < 4.78 is 0. The SMILES string of the molecule is NC(=O)CCCCN(C(N)=O)c1ccc(CO)cc1. The summed E-state index contributed by atoms with van der Waals surface area (Å²) in [6, 6.07) is 6.37. The molecular weight excluding hydrogens is 246 g/mol. The number of hydrogen-bond acceptors (Lipinski definition) is 3. The molecule has 5 N–H and O–H groups in total. The number of nitrogens with zero attached hydrogens (tertiary/aromatic N) is 1. The molecule has 0 aliphatic heterocycles. The molecule has 0 aliphatic carbocycles. The molecule has 0 radical (unpaired) electrons. The molecule has 0 bridgehead atoms. The molecule has 0 heterocycles. The number of amides is 3. The number of aliphatic hydroxyl groups excluding tert-OH is 1. The Hall–Kier alpha value is -2.08. The van der Waals surface area contributed by atoms with Crippen molar-refractivity contribution in [1.82, 2.24) is 0 Å². The van der Waals surface area contributed by atoms with Crippen LogP contribution in [0, 0.1) is 0 Å². The summed E-state index contributed by atoms with van der Waals surface area (Å²) in [6.07, 6.45) is 1.57. The van der Waals surface area contributed by atoms with Gasteiger partial charge in [0.2, 0.25) is 5.91 Å². The van der Waals surface area contributed by atoms with Crippen molar-refractivity contribution >= 4 is 17.6 Å². The van der Waals surface area contributed by atoms with Crippen molar-refractivity contribution in [2.75, 3.05) is 11.4 Å². The second kappa shape index (κ2) is 7.38. The third-order valence-electron chi connectivity index (χ3n) is 2.75. The minimum Gasteiger partial charge on any atom is -0.392 e. The number of carbonyl (C=O) groups excluding carboxylic acids is 2. The Kier molecular flexibility index (Phi) is 5.81. The van der Waals surface area contributed by atoms with Crippen molar-refractivity contribution in [1.29, 1.82) is 0 Å². The van der Waals surface area contributed by atoms with Gasteiger partial charge < -0.3 is 16.6 Å². The third kappa shape index (κ3) is 4.97. The summed E-state index contributed by atoms with van der Waals surface area (Å²) in [7, 11) is 0. The molecule has 1 rings (SSSR count). The number of rotatable bonds is 7. The lowest BCUT2D eigenvalue weighted by Crippen LogP contribution is -2.36. The maximum Gasteiger partial charge on any atom is 0.319 e. The highest BCUT2D eigenvalue weighted by Gasteiger charge is 2.11. The third-order valence-corrected chi connectivity index (χ3v) is 2.75. The van der Waals surface area contributed by atoms with Crippen molar-refractivity contribution in [3.8, 4) is 0 Å². The van der Waals surface area contributed by atoms with Gasteiger partial charge in [0, 0.05) is 18.7 Å². The molecule has 0 saturated carbocycles. The molecular formula is C13H19N3O3. The van der Waals surface area contributed by atoms with E-state index in [0.29, 0.717) is 31.5 Å². The predicted molar refractivity (Wildman–Crippen MR) is 72.3 cm³/mol. The standard InChI is InChI=1S/C13H19N3O3/c14-12(18)3-1-2-8-16(13(15)19)11-6-4-10(9-17)5-7-11/h4-7,17H,1-3,8-9H2,(H2,14,18)(H2,15,19). The number of hydrogen-bond donors (Lipinski definition) is 3. The Morgan fingerprint density at radius 3 is 2.21 bits per heavy atom. The second-order valence-corrected chi connectivity index (χ2v) is 4.24. The second-order valence-electron chi connectivity index (χ2n) is 4.24. The lowest BCUT2D eigenvalue weighted by molar-refractivity contribution is -0.118. The van der Waals surface area contributed by atoms with Gasteiger partial charge in [0.05, 0.1) is 6.61 Å². The highest BCUT2D eigenvalue weighted by Crippen LogP contribution is 2.16. The monoisotopic (exact) mass is 265 g/mol. The largest absolute Gasteiger partial charge is 0.392 e. The van der Waals surface area contributed by atoms with Crippen LogP contribution in [0.2, 0.25) is 0 Å². The fraction of sp³-hybridized carbons (Fsp3) is 0.385. The van der Waals surface area contributed by atoms with Crippen molar-refractivity contribution in [2.24, 2.45) is 11.5 Å². The molecule has 0 atom stereocenters. The Morgan fingerprint density at radius 2 is 1.74 bits per heavy atom. The van der Waals surface area contributed by atoms with E-state index in [-0.39, 0.29) is 12.5 Å². The molecule has 6 heteroatoms. The van der Waals surface area contributed by atoms with Crippen LogP contribution in [0.5, 0.6) is 0 Å². The van der Waals surface area contributed by atoms with Crippen molar-refractivity contribution in [3.05, 3.63) is 29.8 Å². The molecule has 104 valence electrons. The van der Waals surface area contributed by atoms with E-state index in [0.717, 1.165) is 5.56 Å². The average Bonchev–Trinajstić information content (AvgIpc) is 2.38. The number of aliphatic hydroxyl groups is 1. The smallest absolute Gasteiger partial charge is 0.319 e. The number of nitrogens with two attached hydrogens (primary N) is 2.